The molecular weight excluding hydrogens is 232 g/mol. The summed E-state index contributed by atoms with van der Waals surface area (Å²) in [6.07, 6.45) is 2.53. The molecule has 1 aromatic heterocycles. The molecule has 6 nitrogen and oxygen atoms in total. The van der Waals surface area contributed by atoms with Crippen molar-refractivity contribution in [1.29, 1.82) is 0 Å². The van der Waals surface area contributed by atoms with Gasteiger partial charge in [-0.15, -0.1) is 0 Å². The van der Waals surface area contributed by atoms with Gasteiger partial charge in [0.05, 0.1) is 5.60 Å². The van der Waals surface area contributed by atoms with Crippen molar-refractivity contribution < 1.29 is 9.53 Å². The lowest BCUT2D eigenvalue weighted by Crippen LogP contribution is -2.59. The summed E-state index contributed by atoms with van der Waals surface area (Å²) < 4.78 is 7.36. The molecule has 1 aliphatic heterocycles. The molecule has 0 radical (unpaired) electrons. The van der Waals surface area contributed by atoms with E-state index in [1.165, 1.54) is 0 Å². The molecule has 0 unspecified atom stereocenters. The predicted molar refractivity (Wildman–Crippen MR) is 67.1 cm³/mol. The summed E-state index contributed by atoms with van der Waals surface area (Å²) in [5, 5.41) is 10.0. The summed E-state index contributed by atoms with van der Waals surface area (Å²) in [4.78, 5) is 11.6. The highest BCUT2D eigenvalue weighted by molar-refractivity contribution is 5.77. The van der Waals surface area contributed by atoms with Gasteiger partial charge in [0, 0.05) is 45.0 Å². The first-order valence-electron chi connectivity index (χ1n) is 6.17. The number of nitrogens with zero attached hydrogens (tertiary/aromatic N) is 2. The third-order valence-corrected chi connectivity index (χ3v) is 3.18. The third kappa shape index (κ3) is 3.30. The van der Waals surface area contributed by atoms with Gasteiger partial charge < -0.3 is 15.4 Å². The van der Waals surface area contributed by atoms with E-state index in [4.69, 9.17) is 4.74 Å². The van der Waals surface area contributed by atoms with Crippen molar-refractivity contribution in [2.24, 2.45) is 7.05 Å². The van der Waals surface area contributed by atoms with Gasteiger partial charge in [-0.25, -0.2) is 0 Å². The average Bonchev–Trinajstić information content (AvgIpc) is 2.70. The second kappa shape index (κ2) is 5.49. The number of nitrogens with one attached hydrogen (secondary N) is 2. The molecule has 1 aliphatic rings. The molecule has 0 spiro atoms. The molecule has 1 aromatic rings. The quantitative estimate of drug-likeness (QED) is 0.713. The minimum absolute atomic E-state index is 0.0645. The summed E-state index contributed by atoms with van der Waals surface area (Å²) in [6, 6.07) is 1.95. The van der Waals surface area contributed by atoms with Crippen LogP contribution < -0.4 is 10.6 Å². The molecule has 2 rings (SSSR count). The first kappa shape index (κ1) is 13.0. The SMILES string of the molecule is Cn1nccc1CCNC(=O)COC1(C)CNC1. The number of ether oxygens (including phenoxy) is 1. The van der Waals surface area contributed by atoms with Gasteiger partial charge in [0.2, 0.25) is 5.91 Å². The third-order valence-electron chi connectivity index (χ3n) is 3.18. The molecule has 0 bridgehead atoms. The number of aromatic nitrogens is 2. The Morgan fingerprint density at radius 1 is 1.67 bits per heavy atom. The average molecular weight is 252 g/mol. The molecule has 6 heteroatoms. The second-order valence-corrected chi connectivity index (χ2v) is 4.89. The van der Waals surface area contributed by atoms with E-state index in [1.54, 1.807) is 6.20 Å². The molecule has 0 aliphatic carbocycles. The van der Waals surface area contributed by atoms with E-state index in [1.807, 2.05) is 24.7 Å². The van der Waals surface area contributed by atoms with E-state index in [9.17, 15) is 4.79 Å². The Morgan fingerprint density at radius 3 is 3.00 bits per heavy atom. The molecule has 0 atom stereocenters. The Bertz CT molecular complexity index is 412. The molecule has 1 fully saturated rings. The maximum Gasteiger partial charge on any atom is 0.246 e. The number of amides is 1. The zero-order valence-electron chi connectivity index (χ0n) is 10.9. The molecule has 0 aromatic carbocycles. The zero-order chi connectivity index (χ0) is 13.0. The minimum atomic E-state index is -0.167. The molecule has 0 saturated carbocycles. The number of aryl methyl sites for hydroxylation is 1. The number of rotatable bonds is 6. The van der Waals surface area contributed by atoms with Gasteiger partial charge in [-0.3, -0.25) is 9.48 Å². The van der Waals surface area contributed by atoms with Crippen LogP contribution >= 0.6 is 0 Å². The normalized spacial score (nSPS) is 17.2. The fourth-order valence-corrected chi connectivity index (χ4v) is 1.85. The molecule has 100 valence electrons. The van der Waals surface area contributed by atoms with Crippen LogP contribution in [0.2, 0.25) is 0 Å². The van der Waals surface area contributed by atoms with E-state index < -0.39 is 0 Å². The van der Waals surface area contributed by atoms with E-state index in [2.05, 4.69) is 15.7 Å². The van der Waals surface area contributed by atoms with E-state index in [0.717, 1.165) is 25.2 Å². The number of carbonyl (C=O) groups excluding carboxylic acids is 1. The number of hydrogen-bond acceptors (Lipinski definition) is 4. The Kier molecular flexibility index (Phi) is 3.98. The lowest BCUT2D eigenvalue weighted by atomic mass is 10.0. The zero-order valence-corrected chi connectivity index (χ0v) is 10.9. The maximum atomic E-state index is 11.6. The van der Waals surface area contributed by atoms with Crippen LogP contribution in [0.4, 0.5) is 0 Å². The van der Waals surface area contributed by atoms with Crippen molar-refractivity contribution in [1.82, 2.24) is 20.4 Å². The lowest BCUT2D eigenvalue weighted by molar-refractivity contribution is -0.135. The van der Waals surface area contributed by atoms with Gasteiger partial charge in [-0.05, 0) is 13.0 Å². The van der Waals surface area contributed by atoms with Crippen LogP contribution in [0.1, 0.15) is 12.6 Å². The van der Waals surface area contributed by atoms with Crippen molar-refractivity contribution >= 4 is 5.91 Å². The van der Waals surface area contributed by atoms with Crippen LogP contribution in [0.5, 0.6) is 0 Å². The Hall–Kier alpha value is -1.40. The summed E-state index contributed by atoms with van der Waals surface area (Å²) >= 11 is 0. The monoisotopic (exact) mass is 252 g/mol. The van der Waals surface area contributed by atoms with Gasteiger partial charge >= 0.3 is 0 Å². The van der Waals surface area contributed by atoms with Gasteiger partial charge in [0.15, 0.2) is 0 Å². The summed E-state index contributed by atoms with van der Waals surface area (Å²) in [6.45, 7) is 4.37. The van der Waals surface area contributed by atoms with Crippen molar-refractivity contribution in [3.63, 3.8) is 0 Å². The number of carbonyl (C=O) groups is 1. The molecule has 2 N–H and O–H groups in total. The maximum absolute atomic E-state index is 11.6. The Balaban J connectivity index is 1.61. The molecular formula is C12H20N4O2. The molecule has 18 heavy (non-hydrogen) atoms. The van der Waals surface area contributed by atoms with Crippen LogP contribution in [-0.4, -0.2) is 47.5 Å². The van der Waals surface area contributed by atoms with Gasteiger partial charge in [0.25, 0.3) is 0 Å². The second-order valence-electron chi connectivity index (χ2n) is 4.89. The smallest absolute Gasteiger partial charge is 0.246 e. The van der Waals surface area contributed by atoms with Crippen LogP contribution in [0.3, 0.4) is 0 Å². The van der Waals surface area contributed by atoms with Crippen LogP contribution in [0.25, 0.3) is 0 Å². The van der Waals surface area contributed by atoms with E-state index >= 15 is 0 Å². The van der Waals surface area contributed by atoms with Crippen molar-refractivity contribution in [2.75, 3.05) is 26.2 Å². The summed E-state index contributed by atoms with van der Waals surface area (Å²) in [5.41, 5.74) is 0.936. The number of hydrogen-bond donors (Lipinski definition) is 2. The summed E-state index contributed by atoms with van der Waals surface area (Å²) in [7, 11) is 1.89. The molecule has 1 amide bonds. The fourth-order valence-electron chi connectivity index (χ4n) is 1.85. The lowest BCUT2D eigenvalue weighted by Gasteiger charge is -2.38. The predicted octanol–water partition coefficient (Wildman–Crippen LogP) is -0.543. The van der Waals surface area contributed by atoms with Gasteiger partial charge in [0.1, 0.15) is 6.61 Å². The molecule has 1 saturated heterocycles. The van der Waals surface area contributed by atoms with Gasteiger partial charge in [-0.2, -0.15) is 5.10 Å². The van der Waals surface area contributed by atoms with E-state index in [-0.39, 0.29) is 18.1 Å². The van der Waals surface area contributed by atoms with Crippen molar-refractivity contribution in [3.05, 3.63) is 18.0 Å². The summed E-state index contributed by atoms with van der Waals surface area (Å²) in [5.74, 6) is -0.0645. The van der Waals surface area contributed by atoms with E-state index in [0.29, 0.717) is 6.54 Å². The van der Waals surface area contributed by atoms with Gasteiger partial charge in [-0.1, -0.05) is 0 Å². The highest BCUT2D eigenvalue weighted by Crippen LogP contribution is 2.14. The first-order valence-corrected chi connectivity index (χ1v) is 6.17. The van der Waals surface area contributed by atoms with Crippen molar-refractivity contribution in [3.8, 4) is 0 Å². The fraction of sp³-hybridized carbons (Fsp3) is 0.667. The molecule has 2 heterocycles. The van der Waals surface area contributed by atoms with Crippen LogP contribution in [0, 0.1) is 0 Å². The highest BCUT2D eigenvalue weighted by Gasteiger charge is 2.32. The Morgan fingerprint density at radius 2 is 2.44 bits per heavy atom. The standard InChI is InChI=1S/C12H20N4O2/c1-12(8-13-9-12)18-7-11(17)14-5-3-10-4-6-15-16(10)2/h4,6,13H,3,5,7-9H2,1-2H3,(H,14,17). The Labute approximate surface area is 107 Å². The van der Waals surface area contributed by atoms with Crippen molar-refractivity contribution in [2.45, 2.75) is 18.9 Å². The first-order chi connectivity index (χ1) is 8.59. The topological polar surface area (TPSA) is 68.2 Å². The van der Waals surface area contributed by atoms with Crippen LogP contribution in [0.15, 0.2) is 12.3 Å². The highest BCUT2D eigenvalue weighted by atomic mass is 16.5. The largest absolute Gasteiger partial charge is 0.363 e. The van der Waals surface area contributed by atoms with Crippen LogP contribution in [-0.2, 0) is 23.0 Å². The minimum Gasteiger partial charge on any atom is -0.363 e.